The molecule has 2 rings (SSSR count). The Morgan fingerprint density at radius 2 is 2.07 bits per heavy atom. The predicted molar refractivity (Wildman–Crippen MR) is 53.6 cm³/mol. The maximum Gasteiger partial charge on any atom is 0.200 e. The first-order valence-electron chi connectivity index (χ1n) is 3.95. The van der Waals surface area contributed by atoms with Gasteiger partial charge in [-0.15, -0.1) is 0 Å². The molecular formula is C9H9NO3S. The lowest BCUT2D eigenvalue weighted by molar-refractivity contribution is 0.415. The zero-order chi connectivity index (χ0) is 10.3. The van der Waals surface area contributed by atoms with Gasteiger partial charge in [0.25, 0.3) is 0 Å². The molecule has 14 heavy (non-hydrogen) atoms. The summed E-state index contributed by atoms with van der Waals surface area (Å²) in [5.41, 5.74) is 6.69. The second-order valence-electron chi connectivity index (χ2n) is 2.98. The van der Waals surface area contributed by atoms with E-state index in [-0.39, 0.29) is 4.90 Å². The number of nitrogens with two attached hydrogens (primary N) is 1. The molecule has 1 aliphatic rings. The standard InChI is InChI=1S/C9H9NO3S/c1-13-8-5-9-6(4-7(8)10)2-3-14(9,11)12/h2-5H,10H2,1H3. The van der Waals surface area contributed by atoms with Crippen molar-refractivity contribution in [2.45, 2.75) is 4.90 Å². The first kappa shape index (κ1) is 9.08. The van der Waals surface area contributed by atoms with E-state index in [2.05, 4.69) is 0 Å². The van der Waals surface area contributed by atoms with Crippen LogP contribution in [0.1, 0.15) is 5.56 Å². The first-order chi connectivity index (χ1) is 6.54. The lowest BCUT2D eigenvalue weighted by Gasteiger charge is -2.06. The smallest absolute Gasteiger partial charge is 0.200 e. The van der Waals surface area contributed by atoms with E-state index in [0.717, 1.165) is 5.41 Å². The van der Waals surface area contributed by atoms with Crippen LogP contribution in [-0.2, 0) is 9.84 Å². The highest BCUT2D eigenvalue weighted by Gasteiger charge is 2.22. The highest BCUT2D eigenvalue weighted by atomic mass is 32.2. The zero-order valence-corrected chi connectivity index (χ0v) is 8.34. The Morgan fingerprint density at radius 3 is 2.71 bits per heavy atom. The molecule has 0 fully saturated rings. The van der Waals surface area contributed by atoms with Crippen LogP contribution >= 0.6 is 0 Å². The van der Waals surface area contributed by atoms with E-state index < -0.39 is 9.84 Å². The molecule has 1 aromatic rings. The molecule has 0 saturated carbocycles. The third-order valence-electron chi connectivity index (χ3n) is 2.10. The molecule has 1 aliphatic heterocycles. The monoisotopic (exact) mass is 211 g/mol. The van der Waals surface area contributed by atoms with Crippen molar-refractivity contribution in [2.24, 2.45) is 0 Å². The Labute approximate surface area is 81.9 Å². The van der Waals surface area contributed by atoms with E-state index in [0.29, 0.717) is 17.0 Å². The van der Waals surface area contributed by atoms with E-state index in [1.807, 2.05) is 0 Å². The van der Waals surface area contributed by atoms with Gasteiger partial charge in [-0.1, -0.05) is 0 Å². The minimum Gasteiger partial charge on any atom is -0.495 e. The molecule has 0 bridgehead atoms. The van der Waals surface area contributed by atoms with Crippen LogP contribution in [0.3, 0.4) is 0 Å². The van der Waals surface area contributed by atoms with Gasteiger partial charge in [-0.25, -0.2) is 8.42 Å². The minimum absolute atomic E-state index is 0.253. The number of sulfone groups is 1. The Bertz CT molecular complexity index is 517. The fourth-order valence-corrected chi connectivity index (χ4v) is 2.58. The summed E-state index contributed by atoms with van der Waals surface area (Å²) in [6.07, 6.45) is 1.53. The van der Waals surface area contributed by atoms with Gasteiger partial charge in [-0.3, -0.25) is 0 Å². The normalized spacial score (nSPS) is 16.6. The summed E-state index contributed by atoms with van der Waals surface area (Å²) in [6, 6.07) is 3.04. The molecule has 2 N–H and O–H groups in total. The summed E-state index contributed by atoms with van der Waals surface area (Å²) >= 11 is 0. The van der Waals surface area contributed by atoms with Crippen molar-refractivity contribution in [1.82, 2.24) is 0 Å². The Morgan fingerprint density at radius 1 is 1.36 bits per heavy atom. The lowest BCUT2D eigenvalue weighted by Crippen LogP contribution is -1.98. The molecule has 5 heteroatoms. The molecule has 74 valence electrons. The average Bonchev–Trinajstić information content (AvgIpc) is 2.41. The first-order valence-corrected chi connectivity index (χ1v) is 5.50. The summed E-state index contributed by atoms with van der Waals surface area (Å²) in [5.74, 6) is 0.385. The third-order valence-corrected chi connectivity index (χ3v) is 3.56. The summed E-state index contributed by atoms with van der Waals surface area (Å²) < 4.78 is 27.8. The van der Waals surface area contributed by atoms with Crippen LogP contribution in [0.15, 0.2) is 22.4 Å². The SMILES string of the molecule is COc1cc2c(cc1N)C=CS2(=O)=O. The largest absolute Gasteiger partial charge is 0.495 e. The number of hydrogen-bond donors (Lipinski definition) is 1. The van der Waals surface area contributed by atoms with Crippen molar-refractivity contribution in [3.8, 4) is 5.75 Å². The van der Waals surface area contributed by atoms with Gasteiger partial charge in [0.1, 0.15) is 5.75 Å². The number of fused-ring (bicyclic) bond motifs is 1. The average molecular weight is 211 g/mol. The van der Waals surface area contributed by atoms with Crippen LogP contribution in [0, 0.1) is 0 Å². The van der Waals surface area contributed by atoms with Gasteiger partial charge < -0.3 is 10.5 Å². The molecule has 0 saturated heterocycles. The quantitative estimate of drug-likeness (QED) is 0.704. The fraction of sp³-hybridized carbons (Fsp3) is 0.111. The van der Waals surface area contributed by atoms with Gasteiger partial charge in [0.15, 0.2) is 0 Å². The molecule has 1 aromatic carbocycles. The number of methoxy groups -OCH3 is 1. The van der Waals surface area contributed by atoms with Crippen molar-refractivity contribution >= 4 is 21.6 Å². The second-order valence-corrected chi connectivity index (χ2v) is 4.78. The van der Waals surface area contributed by atoms with Gasteiger partial charge in [-0.2, -0.15) is 0 Å². The number of hydrogen-bond acceptors (Lipinski definition) is 4. The van der Waals surface area contributed by atoms with Gasteiger partial charge >= 0.3 is 0 Å². The van der Waals surface area contributed by atoms with Crippen molar-refractivity contribution < 1.29 is 13.2 Å². The summed E-state index contributed by atoms with van der Waals surface area (Å²) in [5, 5.41) is 1.16. The number of nitrogen functional groups attached to an aromatic ring is 1. The molecule has 0 amide bonds. The van der Waals surface area contributed by atoms with E-state index in [9.17, 15) is 8.42 Å². The Hall–Kier alpha value is -1.49. The number of benzene rings is 1. The molecule has 0 atom stereocenters. The van der Waals surface area contributed by atoms with Crippen molar-refractivity contribution in [3.63, 3.8) is 0 Å². The zero-order valence-electron chi connectivity index (χ0n) is 7.52. The maximum atomic E-state index is 11.4. The topological polar surface area (TPSA) is 69.4 Å². The second kappa shape index (κ2) is 2.75. The van der Waals surface area contributed by atoms with E-state index in [4.69, 9.17) is 10.5 Å². The minimum atomic E-state index is -3.27. The number of ether oxygens (including phenoxy) is 1. The van der Waals surface area contributed by atoms with Crippen LogP contribution < -0.4 is 10.5 Å². The van der Waals surface area contributed by atoms with Crippen molar-refractivity contribution in [1.29, 1.82) is 0 Å². The van der Waals surface area contributed by atoms with Crippen LogP contribution in [0.2, 0.25) is 0 Å². The molecule has 0 unspecified atom stereocenters. The molecule has 0 aromatic heterocycles. The van der Waals surface area contributed by atoms with E-state index >= 15 is 0 Å². The Balaban J connectivity index is 2.73. The highest BCUT2D eigenvalue weighted by Crippen LogP contribution is 2.34. The maximum absolute atomic E-state index is 11.4. The van der Waals surface area contributed by atoms with E-state index in [1.165, 1.54) is 19.3 Å². The molecule has 0 aliphatic carbocycles. The van der Waals surface area contributed by atoms with Crippen molar-refractivity contribution in [3.05, 3.63) is 23.1 Å². The van der Waals surface area contributed by atoms with Crippen LogP contribution in [0.4, 0.5) is 5.69 Å². The molecule has 1 heterocycles. The number of rotatable bonds is 1. The summed E-state index contributed by atoms with van der Waals surface area (Å²) in [4.78, 5) is 0.253. The predicted octanol–water partition coefficient (Wildman–Crippen LogP) is 1.04. The van der Waals surface area contributed by atoms with Gasteiger partial charge in [-0.05, 0) is 17.7 Å². The molecule has 0 spiro atoms. The van der Waals surface area contributed by atoms with Gasteiger partial charge in [0.2, 0.25) is 9.84 Å². The molecule has 0 radical (unpaired) electrons. The van der Waals surface area contributed by atoms with Crippen molar-refractivity contribution in [2.75, 3.05) is 12.8 Å². The van der Waals surface area contributed by atoms with Gasteiger partial charge in [0, 0.05) is 11.5 Å². The molecule has 4 nitrogen and oxygen atoms in total. The number of anilines is 1. The van der Waals surface area contributed by atoms with Crippen LogP contribution in [0.25, 0.3) is 6.08 Å². The Kier molecular flexibility index (Phi) is 1.78. The fourth-order valence-electron chi connectivity index (χ4n) is 1.39. The van der Waals surface area contributed by atoms with Gasteiger partial charge in [0.05, 0.1) is 17.7 Å². The highest BCUT2D eigenvalue weighted by molar-refractivity contribution is 7.94. The summed E-state index contributed by atoms with van der Waals surface area (Å²) in [7, 11) is -1.82. The molecular weight excluding hydrogens is 202 g/mol. The lowest BCUT2D eigenvalue weighted by atomic mass is 10.2. The van der Waals surface area contributed by atoms with Crippen LogP contribution in [-0.4, -0.2) is 15.5 Å². The third kappa shape index (κ3) is 1.17. The van der Waals surface area contributed by atoms with E-state index in [1.54, 1.807) is 6.07 Å². The summed E-state index contributed by atoms with van der Waals surface area (Å²) in [6.45, 7) is 0. The van der Waals surface area contributed by atoms with Crippen LogP contribution in [0.5, 0.6) is 5.75 Å².